The second-order valence-electron chi connectivity index (χ2n) is 8.27. The average Bonchev–Trinajstić information content (AvgIpc) is 3.20. The fourth-order valence-corrected chi connectivity index (χ4v) is 7.36. The molecule has 1 unspecified atom stereocenters. The summed E-state index contributed by atoms with van der Waals surface area (Å²) in [6.07, 6.45) is 1.93. The molecule has 1 aromatic heterocycles. The maximum Gasteiger partial charge on any atom is 0.243 e. The zero-order valence-corrected chi connectivity index (χ0v) is 21.2. The van der Waals surface area contributed by atoms with Crippen LogP contribution in [-0.4, -0.2) is 69.6 Å². The molecule has 4 N–H and O–H groups in total. The van der Waals surface area contributed by atoms with Crippen LogP contribution in [-0.2, 0) is 14.8 Å². The Balaban J connectivity index is 1.47. The summed E-state index contributed by atoms with van der Waals surface area (Å²) in [6, 6.07) is 13.2. The van der Waals surface area contributed by atoms with Gasteiger partial charge in [-0.15, -0.1) is 0 Å². The Morgan fingerprint density at radius 1 is 1.08 bits per heavy atom. The summed E-state index contributed by atoms with van der Waals surface area (Å²) in [6.45, 7) is 0.301. The summed E-state index contributed by atoms with van der Waals surface area (Å²) >= 11 is 0. The van der Waals surface area contributed by atoms with E-state index < -0.39 is 26.7 Å². The van der Waals surface area contributed by atoms with Gasteiger partial charge >= 0.3 is 0 Å². The van der Waals surface area contributed by atoms with E-state index in [0.29, 0.717) is 23.6 Å². The summed E-state index contributed by atoms with van der Waals surface area (Å²) in [7, 11) is -5.17. The summed E-state index contributed by atoms with van der Waals surface area (Å²) in [5.74, 6) is 0.659. The molecule has 2 heterocycles. The van der Waals surface area contributed by atoms with Crippen LogP contribution in [0, 0.1) is 5.82 Å². The van der Waals surface area contributed by atoms with E-state index in [1.54, 1.807) is 36.5 Å². The van der Waals surface area contributed by atoms with E-state index >= 15 is 0 Å². The van der Waals surface area contributed by atoms with Gasteiger partial charge in [-0.25, -0.2) is 17.8 Å². The van der Waals surface area contributed by atoms with E-state index in [1.165, 1.54) is 35.7 Å². The highest BCUT2D eigenvalue weighted by molar-refractivity contribution is 8.24. The van der Waals surface area contributed by atoms with E-state index in [2.05, 4.69) is 20.6 Å². The van der Waals surface area contributed by atoms with Gasteiger partial charge in [0.25, 0.3) is 0 Å². The average molecular weight is 538 g/mol. The number of nitrogens with one attached hydrogen (secondary N) is 2. The lowest BCUT2D eigenvalue weighted by atomic mass is 10.3. The van der Waals surface area contributed by atoms with Gasteiger partial charge in [0, 0.05) is 43.0 Å². The van der Waals surface area contributed by atoms with Crippen molar-refractivity contribution in [3.63, 3.8) is 0 Å². The quantitative estimate of drug-likeness (QED) is 0.299. The highest BCUT2D eigenvalue weighted by Crippen LogP contribution is 2.47. The fraction of sp³-hybridized carbons (Fsp3) is 0.304. The number of rotatable bonds is 10. The molecular formula is C23H28FN5O5S2. The topological polar surface area (TPSA) is 137 Å². The molecule has 10 nitrogen and oxygen atoms in total. The molecule has 1 saturated heterocycles. The van der Waals surface area contributed by atoms with Crippen molar-refractivity contribution in [3.05, 3.63) is 66.6 Å². The molecule has 0 bridgehead atoms. The van der Waals surface area contributed by atoms with Gasteiger partial charge in [-0.2, -0.15) is 19.9 Å². The van der Waals surface area contributed by atoms with Crippen molar-refractivity contribution in [2.45, 2.75) is 17.4 Å². The van der Waals surface area contributed by atoms with Crippen LogP contribution in [0.15, 0.2) is 65.7 Å². The summed E-state index contributed by atoms with van der Waals surface area (Å²) < 4.78 is 66.3. The molecule has 0 aliphatic carbocycles. The molecule has 194 valence electrons. The summed E-state index contributed by atoms with van der Waals surface area (Å²) in [5, 5.41) is 6.10. The van der Waals surface area contributed by atoms with Crippen LogP contribution in [0.2, 0.25) is 0 Å². The zero-order chi connectivity index (χ0) is 25.8. The molecular weight excluding hydrogens is 509 g/mol. The minimum Gasteiger partial charge on any atom is -0.383 e. The number of halogens is 1. The van der Waals surface area contributed by atoms with Gasteiger partial charge in [-0.05, 0) is 61.0 Å². The normalized spacial score (nSPS) is 18.2. The van der Waals surface area contributed by atoms with Gasteiger partial charge in [-0.1, -0.05) is 0 Å². The van der Waals surface area contributed by atoms with E-state index in [9.17, 15) is 21.9 Å². The first-order chi connectivity index (χ1) is 17.2. The molecule has 0 amide bonds. The Labute approximate surface area is 210 Å². The van der Waals surface area contributed by atoms with Crippen LogP contribution in [0.3, 0.4) is 0 Å². The maximum atomic E-state index is 13.4. The van der Waals surface area contributed by atoms with Crippen molar-refractivity contribution in [1.29, 1.82) is 0 Å². The first kappa shape index (κ1) is 26.3. The highest BCUT2D eigenvalue weighted by Gasteiger charge is 2.38. The van der Waals surface area contributed by atoms with Crippen LogP contribution < -0.4 is 10.6 Å². The first-order valence-corrected chi connectivity index (χ1v) is 14.5. The van der Waals surface area contributed by atoms with Crippen LogP contribution in [0.25, 0.3) is 0 Å². The number of ether oxygens (including phenoxy) is 1. The number of hydrogen-bond donors (Lipinski definition) is 4. The smallest absolute Gasteiger partial charge is 0.243 e. The standard InChI is InChI=1S/C23H28FN5O5S2/c1-34-14-13-29(20-11-15-35(30,31)16-20)36(32,33)21-8-6-19(7-9-21)27-23-25-12-10-22(28-23)26-18-4-2-17(24)3-5-18/h2-10,12,20,30-31H,11,13-16H2,1H3,(H2,25,26,27,28). The number of methoxy groups -OCH3 is 1. The third kappa shape index (κ3) is 6.49. The van der Waals surface area contributed by atoms with Gasteiger partial charge in [0.05, 0.1) is 17.3 Å². The lowest BCUT2D eigenvalue weighted by Crippen LogP contribution is -2.42. The van der Waals surface area contributed by atoms with E-state index in [0.717, 1.165) is 0 Å². The van der Waals surface area contributed by atoms with Gasteiger partial charge in [0.15, 0.2) is 0 Å². The Kier molecular flexibility index (Phi) is 8.07. The predicted octanol–water partition coefficient (Wildman–Crippen LogP) is 4.26. The molecule has 36 heavy (non-hydrogen) atoms. The van der Waals surface area contributed by atoms with Crippen LogP contribution in [0.4, 0.5) is 27.5 Å². The van der Waals surface area contributed by atoms with Crippen molar-refractivity contribution in [1.82, 2.24) is 14.3 Å². The largest absolute Gasteiger partial charge is 0.383 e. The molecule has 0 saturated carbocycles. The van der Waals surface area contributed by atoms with Gasteiger partial charge in [-0.3, -0.25) is 9.11 Å². The number of aromatic nitrogens is 2. The minimum atomic E-state index is -3.89. The second-order valence-corrected chi connectivity index (χ2v) is 12.5. The predicted molar refractivity (Wildman–Crippen MR) is 138 cm³/mol. The molecule has 2 aromatic carbocycles. The third-order valence-electron chi connectivity index (χ3n) is 5.65. The van der Waals surface area contributed by atoms with Crippen molar-refractivity contribution in [3.8, 4) is 0 Å². The molecule has 0 radical (unpaired) electrons. The lowest BCUT2D eigenvalue weighted by Gasteiger charge is -2.30. The van der Waals surface area contributed by atoms with Crippen molar-refractivity contribution in [2.75, 3.05) is 42.4 Å². The third-order valence-corrected chi connectivity index (χ3v) is 9.42. The molecule has 1 atom stereocenters. The van der Waals surface area contributed by atoms with Crippen LogP contribution in [0.1, 0.15) is 6.42 Å². The van der Waals surface area contributed by atoms with Crippen LogP contribution >= 0.6 is 10.6 Å². The fourth-order valence-electron chi connectivity index (χ4n) is 3.85. The van der Waals surface area contributed by atoms with E-state index in [-0.39, 0.29) is 41.3 Å². The molecule has 4 rings (SSSR count). The van der Waals surface area contributed by atoms with Crippen molar-refractivity contribution >= 4 is 43.8 Å². The SMILES string of the molecule is COCCN(C1CCS(O)(O)C1)S(=O)(=O)c1ccc(Nc2nccc(Nc3ccc(F)cc3)n2)cc1. The zero-order valence-electron chi connectivity index (χ0n) is 19.5. The molecule has 1 aliphatic rings. The molecule has 13 heteroatoms. The Morgan fingerprint density at radius 2 is 1.75 bits per heavy atom. The molecule has 1 fully saturated rings. The van der Waals surface area contributed by atoms with Crippen molar-refractivity contribution < 1.29 is 26.7 Å². The van der Waals surface area contributed by atoms with Gasteiger partial charge < -0.3 is 15.4 Å². The summed E-state index contributed by atoms with van der Waals surface area (Å²) in [4.78, 5) is 8.64. The number of nitrogens with zero attached hydrogens (tertiary/aromatic N) is 3. The monoisotopic (exact) mass is 537 g/mol. The first-order valence-electron chi connectivity index (χ1n) is 11.1. The highest BCUT2D eigenvalue weighted by atomic mass is 32.3. The van der Waals surface area contributed by atoms with Crippen LogP contribution in [0.5, 0.6) is 0 Å². The number of hydrogen-bond acceptors (Lipinski definition) is 9. The van der Waals surface area contributed by atoms with Gasteiger partial charge in [0.1, 0.15) is 11.6 Å². The van der Waals surface area contributed by atoms with E-state index in [4.69, 9.17) is 4.74 Å². The number of anilines is 4. The minimum absolute atomic E-state index is 0.0230. The maximum absolute atomic E-state index is 13.4. The summed E-state index contributed by atoms with van der Waals surface area (Å²) in [5.41, 5.74) is 1.24. The Bertz CT molecular complexity index is 1280. The Morgan fingerprint density at radius 3 is 2.39 bits per heavy atom. The van der Waals surface area contributed by atoms with Gasteiger partial charge in [0.2, 0.25) is 16.0 Å². The number of benzene rings is 2. The molecule has 3 aromatic rings. The van der Waals surface area contributed by atoms with E-state index in [1.807, 2.05) is 0 Å². The second kappa shape index (κ2) is 11.1. The lowest BCUT2D eigenvalue weighted by molar-refractivity contribution is 0.169. The molecule has 0 spiro atoms. The van der Waals surface area contributed by atoms with Crippen molar-refractivity contribution in [2.24, 2.45) is 0 Å². The molecule has 1 aliphatic heterocycles. The Hall–Kier alpha value is -2.81. The number of sulfonamides is 1.